The quantitative estimate of drug-likeness (QED) is 0.383. The number of hydrogen-bond donors (Lipinski definition) is 4. The number of rotatable bonds is 5. The van der Waals surface area contributed by atoms with E-state index in [4.69, 9.17) is 0 Å². The zero-order chi connectivity index (χ0) is 22.8. The number of hydrogen-bond acceptors (Lipinski definition) is 4. The fraction of sp³-hybridized carbons (Fsp3) is 0.120. The highest BCUT2D eigenvalue weighted by atomic mass is 16.2. The zero-order valence-corrected chi connectivity index (χ0v) is 17.5. The maximum atomic E-state index is 13.0. The summed E-state index contributed by atoms with van der Waals surface area (Å²) >= 11 is 0. The van der Waals surface area contributed by atoms with Crippen LogP contribution in [0.4, 0.5) is 5.69 Å². The van der Waals surface area contributed by atoms with E-state index in [9.17, 15) is 14.4 Å². The Hall–Kier alpha value is -4.46. The number of benzene rings is 3. The number of anilines is 1. The van der Waals surface area contributed by atoms with Crippen molar-refractivity contribution in [3.05, 3.63) is 95.8 Å². The highest BCUT2D eigenvalue weighted by molar-refractivity contribution is 6.10. The number of aromatic amines is 1. The monoisotopic (exact) mass is 439 g/mol. The van der Waals surface area contributed by atoms with Crippen molar-refractivity contribution in [1.82, 2.24) is 20.6 Å². The van der Waals surface area contributed by atoms with Gasteiger partial charge in [-0.25, -0.2) is 4.98 Å². The van der Waals surface area contributed by atoms with Crippen molar-refractivity contribution in [2.45, 2.75) is 18.5 Å². The molecule has 3 amide bonds. The van der Waals surface area contributed by atoms with Crippen LogP contribution in [0, 0.1) is 0 Å². The van der Waals surface area contributed by atoms with E-state index in [-0.39, 0.29) is 6.42 Å². The van der Waals surface area contributed by atoms with Crippen LogP contribution in [0.25, 0.3) is 11.0 Å². The Kier molecular flexibility index (Phi) is 5.32. The molecule has 5 rings (SSSR count). The van der Waals surface area contributed by atoms with Crippen molar-refractivity contribution >= 4 is 34.4 Å². The van der Waals surface area contributed by atoms with Crippen molar-refractivity contribution < 1.29 is 14.4 Å². The van der Waals surface area contributed by atoms with E-state index < -0.39 is 29.8 Å². The summed E-state index contributed by atoms with van der Waals surface area (Å²) in [6, 6.07) is 22.2. The first-order valence-corrected chi connectivity index (χ1v) is 10.6. The fourth-order valence-corrected chi connectivity index (χ4v) is 3.92. The molecular weight excluding hydrogens is 418 g/mol. The molecule has 33 heavy (non-hydrogen) atoms. The van der Waals surface area contributed by atoms with E-state index in [0.717, 1.165) is 16.6 Å². The van der Waals surface area contributed by atoms with Gasteiger partial charge < -0.3 is 20.9 Å². The van der Waals surface area contributed by atoms with Crippen LogP contribution in [0.2, 0.25) is 0 Å². The van der Waals surface area contributed by atoms with Crippen molar-refractivity contribution in [3.8, 4) is 0 Å². The summed E-state index contributed by atoms with van der Waals surface area (Å²) in [5, 5.41) is 8.35. The second-order valence-electron chi connectivity index (χ2n) is 7.82. The predicted octanol–water partition coefficient (Wildman–Crippen LogP) is 2.91. The Morgan fingerprint density at radius 3 is 2.48 bits per heavy atom. The predicted molar refractivity (Wildman–Crippen MR) is 123 cm³/mol. The number of aromatic nitrogens is 2. The number of carbonyl (C=O) groups is 3. The first-order chi connectivity index (χ1) is 16.1. The number of amides is 3. The highest BCUT2D eigenvalue weighted by Crippen LogP contribution is 2.23. The summed E-state index contributed by atoms with van der Waals surface area (Å²) < 4.78 is 0. The minimum absolute atomic E-state index is 0.213. The summed E-state index contributed by atoms with van der Waals surface area (Å²) in [7, 11) is 0. The van der Waals surface area contributed by atoms with Crippen molar-refractivity contribution in [2.75, 3.05) is 5.32 Å². The van der Waals surface area contributed by atoms with Gasteiger partial charge in [0.2, 0.25) is 11.8 Å². The van der Waals surface area contributed by atoms with Gasteiger partial charge in [-0.1, -0.05) is 54.6 Å². The van der Waals surface area contributed by atoms with Crippen LogP contribution in [-0.2, 0) is 9.59 Å². The first-order valence-electron chi connectivity index (χ1n) is 10.6. The van der Waals surface area contributed by atoms with Crippen LogP contribution in [-0.4, -0.2) is 33.7 Å². The molecule has 2 heterocycles. The second-order valence-corrected chi connectivity index (χ2v) is 7.82. The van der Waals surface area contributed by atoms with Gasteiger partial charge in [-0.15, -0.1) is 0 Å². The molecule has 0 bridgehead atoms. The molecule has 0 unspecified atom stereocenters. The number of nitrogens with one attached hydrogen (secondary N) is 4. The molecule has 0 saturated heterocycles. The molecular formula is C25H21N5O3. The molecule has 4 aromatic rings. The number of nitrogens with zero attached hydrogens (tertiary/aromatic N) is 1. The average molecular weight is 439 g/mol. The van der Waals surface area contributed by atoms with Crippen molar-refractivity contribution in [3.63, 3.8) is 0 Å². The summed E-state index contributed by atoms with van der Waals surface area (Å²) in [5.41, 5.74) is 3.27. The van der Waals surface area contributed by atoms with Gasteiger partial charge in [0.25, 0.3) is 5.91 Å². The summed E-state index contributed by atoms with van der Waals surface area (Å²) in [6.07, 6.45) is -0.213. The molecule has 0 saturated carbocycles. The van der Waals surface area contributed by atoms with Crippen molar-refractivity contribution in [1.29, 1.82) is 0 Å². The van der Waals surface area contributed by atoms with E-state index >= 15 is 0 Å². The molecule has 1 aliphatic heterocycles. The number of H-pyrrole nitrogens is 1. The van der Waals surface area contributed by atoms with Gasteiger partial charge in [0.1, 0.15) is 17.9 Å². The van der Waals surface area contributed by atoms with Crippen LogP contribution in [0.5, 0.6) is 0 Å². The molecule has 0 radical (unpaired) electrons. The van der Waals surface area contributed by atoms with Gasteiger partial charge in [0.15, 0.2) is 0 Å². The van der Waals surface area contributed by atoms with Crippen LogP contribution in [0.15, 0.2) is 78.9 Å². The minimum Gasteiger partial charge on any atom is -0.342 e. The Bertz CT molecular complexity index is 1320. The standard InChI is InChI=1S/C25H21N5O3/c31-21(14-20-25(33)28-17-11-5-4-10-16(17)24(32)29-20)30-22(15-8-2-1-3-9-15)23-26-18-12-6-7-13-19(18)27-23/h1-13,20,22H,14H2,(H,26,27)(H,28,33)(H,29,32)(H,30,31)/t20-,22+/m0/s1. The first kappa shape index (κ1) is 20.4. The van der Waals surface area contributed by atoms with E-state index in [1.165, 1.54) is 0 Å². The van der Waals surface area contributed by atoms with Crippen LogP contribution in [0.1, 0.15) is 34.2 Å². The number of carbonyl (C=O) groups excluding carboxylic acids is 3. The third kappa shape index (κ3) is 4.18. The molecule has 2 atom stereocenters. The Balaban J connectivity index is 1.38. The van der Waals surface area contributed by atoms with Gasteiger partial charge in [-0.05, 0) is 29.8 Å². The topological polar surface area (TPSA) is 116 Å². The minimum atomic E-state index is -1.00. The molecule has 164 valence electrons. The number of para-hydroxylation sites is 3. The lowest BCUT2D eigenvalue weighted by atomic mass is 10.1. The fourth-order valence-electron chi connectivity index (χ4n) is 3.92. The molecule has 8 nitrogen and oxygen atoms in total. The van der Waals surface area contributed by atoms with E-state index in [0.29, 0.717) is 17.1 Å². The molecule has 0 fully saturated rings. The van der Waals surface area contributed by atoms with E-state index in [1.54, 1.807) is 24.3 Å². The van der Waals surface area contributed by atoms with Gasteiger partial charge in [-0.3, -0.25) is 14.4 Å². The van der Waals surface area contributed by atoms with Crippen LogP contribution >= 0.6 is 0 Å². The Labute approximate surface area is 189 Å². The lowest BCUT2D eigenvalue weighted by Crippen LogP contribution is -2.45. The van der Waals surface area contributed by atoms with Gasteiger partial charge in [0, 0.05) is 0 Å². The molecule has 0 aliphatic carbocycles. The van der Waals surface area contributed by atoms with Gasteiger partial charge >= 0.3 is 0 Å². The van der Waals surface area contributed by atoms with Gasteiger partial charge in [0.05, 0.1) is 28.7 Å². The molecule has 0 spiro atoms. The van der Waals surface area contributed by atoms with Gasteiger partial charge in [-0.2, -0.15) is 0 Å². The molecule has 3 aromatic carbocycles. The maximum Gasteiger partial charge on any atom is 0.254 e. The van der Waals surface area contributed by atoms with Crippen molar-refractivity contribution in [2.24, 2.45) is 0 Å². The number of imidazole rings is 1. The third-order valence-corrected chi connectivity index (χ3v) is 5.56. The summed E-state index contributed by atoms with van der Waals surface area (Å²) in [5.74, 6) is -0.657. The lowest BCUT2D eigenvalue weighted by Gasteiger charge is -2.19. The molecule has 8 heteroatoms. The summed E-state index contributed by atoms with van der Waals surface area (Å²) in [4.78, 5) is 46.2. The number of fused-ring (bicyclic) bond motifs is 2. The summed E-state index contributed by atoms with van der Waals surface area (Å²) in [6.45, 7) is 0. The maximum absolute atomic E-state index is 13.0. The largest absolute Gasteiger partial charge is 0.342 e. The Morgan fingerprint density at radius 2 is 1.67 bits per heavy atom. The van der Waals surface area contributed by atoms with E-state index in [2.05, 4.69) is 25.9 Å². The smallest absolute Gasteiger partial charge is 0.254 e. The van der Waals surface area contributed by atoms with E-state index in [1.807, 2.05) is 54.6 Å². The lowest BCUT2D eigenvalue weighted by molar-refractivity contribution is -0.126. The molecule has 1 aliphatic rings. The molecule has 4 N–H and O–H groups in total. The highest BCUT2D eigenvalue weighted by Gasteiger charge is 2.30. The van der Waals surface area contributed by atoms with Crippen LogP contribution < -0.4 is 16.0 Å². The third-order valence-electron chi connectivity index (χ3n) is 5.56. The SMILES string of the molecule is O=C(C[C@@H]1NC(=O)c2ccccc2NC1=O)N[C@H](c1ccccc1)c1nc2ccccc2[nH]1. The normalized spacial score (nSPS) is 16.3. The molecule has 1 aromatic heterocycles. The zero-order valence-electron chi connectivity index (χ0n) is 17.5. The Morgan fingerprint density at radius 1 is 0.939 bits per heavy atom. The second kappa shape index (κ2) is 8.58. The van der Waals surface area contributed by atoms with Crippen LogP contribution in [0.3, 0.4) is 0 Å². The average Bonchev–Trinajstić information content (AvgIpc) is 3.22.